The standard InChI is InChI=1S/C19H19FN6O3S.2ClH/c1-9(12-5-13(20)7-21-6-12)22-19-24-14(15-16(25-19)23-10(2)30-15)17(27)26-4-3-11(8-26)18(28)29;;/h5-7,9,11H,3-4,8H2,1-2H3,(H,28,29)(H,22,24,25);2*1H. The molecule has 13 heteroatoms. The number of anilines is 1. The van der Waals surface area contributed by atoms with Crippen LogP contribution in [0.3, 0.4) is 0 Å². The van der Waals surface area contributed by atoms with Crippen molar-refractivity contribution >= 4 is 64.3 Å². The third-order valence-corrected chi connectivity index (χ3v) is 5.93. The fourth-order valence-electron chi connectivity index (χ4n) is 3.38. The van der Waals surface area contributed by atoms with Gasteiger partial charge in [0.05, 0.1) is 23.2 Å². The Morgan fingerprint density at radius 3 is 2.69 bits per heavy atom. The van der Waals surface area contributed by atoms with E-state index < -0.39 is 17.7 Å². The lowest BCUT2D eigenvalue weighted by Gasteiger charge is -2.17. The second kappa shape index (κ2) is 10.3. The number of likely N-dealkylation sites (tertiary alicyclic amines) is 1. The number of rotatable bonds is 5. The number of hydrogen-bond acceptors (Lipinski definition) is 8. The van der Waals surface area contributed by atoms with Crippen molar-refractivity contribution in [3.8, 4) is 0 Å². The predicted molar refractivity (Wildman–Crippen MR) is 122 cm³/mol. The molecule has 0 radical (unpaired) electrons. The van der Waals surface area contributed by atoms with Gasteiger partial charge in [0, 0.05) is 19.3 Å². The molecule has 9 nitrogen and oxygen atoms in total. The van der Waals surface area contributed by atoms with Crippen molar-refractivity contribution in [1.82, 2.24) is 24.8 Å². The zero-order valence-electron chi connectivity index (χ0n) is 17.1. The highest BCUT2D eigenvalue weighted by atomic mass is 35.5. The molecule has 0 bridgehead atoms. The summed E-state index contributed by atoms with van der Waals surface area (Å²) in [7, 11) is 0. The number of aliphatic carboxylic acids is 1. The lowest BCUT2D eigenvalue weighted by Crippen LogP contribution is -2.31. The minimum Gasteiger partial charge on any atom is -0.481 e. The maximum atomic E-state index is 13.5. The van der Waals surface area contributed by atoms with Gasteiger partial charge in [-0.1, -0.05) is 0 Å². The van der Waals surface area contributed by atoms with Crippen LogP contribution in [0.15, 0.2) is 18.5 Å². The van der Waals surface area contributed by atoms with Gasteiger partial charge in [0.25, 0.3) is 5.91 Å². The zero-order chi connectivity index (χ0) is 21.4. The summed E-state index contributed by atoms with van der Waals surface area (Å²) in [6.45, 7) is 4.11. The fourth-order valence-corrected chi connectivity index (χ4v) is 4.22. The molecule has 2 unspecified atom stereocenters. The maximum Gasteiger partial charge on any atom is 0.308 e. The summed E-state index contributed by atoms with van der Waals surface area (Å²) >= 11 is 1.31. The predicted octanol–water partition coefficient (Wildman–Crippen LogP) is 3.49. The summed E-state index contributed by atoms with van der Waals surface area (Å²) in [6, 6.07) is 0.995. The van der Waals surface area contributed by atoms with Gasteiger partial charge < -0.3 is 15.3 Å². The lowest BCUT2D eigenvalue weighted by molar-refractivity contribution is -0.141. The van der Waals surface area contributed by atoms with Gasteiger partial charge in [-0.15, -0.1) is 36.2 Å². The van der Waals surface area contributed by atoms with Crippen LogP contribution >= 0.6 is 36.2 Å². The maximum absolute atomic E-state index is 13.5. The molecule has 0 spiro atoms. The van der Waals surface area contributed by atoms with Gasteiger partial charge in [0.1, 0.15) is 10.5 Å². The fraction of sp³-hybridized carbons (Fsp3) is 0.368. The van der Waals surface area contributed by atoms with E-state index in [0.717, 1.165) is 11.2 Å². The molecule has 32 heavy (non-hydrogen) atoms. The SMILES string of the molecule is Cc1nc2nc(NC(C)c3cncc(F)c3)nc(C(=O)N3CCC(C(=O)O)C3)c2s1.Cl.Cl. The minimum absolute atomic E-state index is 0. The van der Waals surface area contributed by atoms with E-state index in [1.165, 1.54) is 28.5 Å². The molecule has 2 N–H and O–H groups in total. The number of carbonyl (C=O) groups is 2. The summed E-state index contributed by atoms with van der Waals surface area (Å²) in [5.41, 5.74) is 1.17. The molecule has 0 aromatic carbocycles. The van der Waals surface area contributed by atoms with Crippen molar-refractivity contribution in [2.75, 3.05) is 18.4 Å². The Kier molecular flexibility index (Phi) is 8.27. The van der Waals surface area contributed by atoms with E-state index in [1.54, 1.807) is 6.92 Å². The Labute approximate surface area is 199 Å². The molecule has 1 amide bonds. The zero-order valence-corrected chi connectivity index (χ0v) is 19.6. The topological polar surface area (TPSA) is 121 Å². The van der Waals surface area contributed by atoms with Gasteiger partial charge in [-0.05, 0) is 31.9 Å². The molecule has 2 atom stereocenters. The molecule has 4 heterocycles. The highest BCUT2D eigenvalue weighted by molar-refractivity contribution is 7.18. The number of amides is 1. The van der Waals surface area contributed by atoms with Crippen molar-refractivity contribution in [3.63, 3.8) is 0 Å². The van der Waals surface area contributed by atoms with Crippen molar-refractivity contribution in [2.24, 2.45) is 5.92 Å². The van der Waals surface area contributed by atoms with Crippen LogP contribution in [0.4, 0.5) is 10.3 Å². The minimum atomic E-state index is -0.911. The molecule has 1 aliphatic rings. The van der Waals surface area contributed by atoms with E-state index in [1.807, 2.05) is 6.92 Å². The first kappa shape index (κ1) is 25.6. The number of carbonyl (C=O) groups excluding carboxylic acids is 1. The quantitative estimate of drug-likeness (QED) is 0.543. The molecule has 4 rings (SSSR count). The lowest BCUT2D eigenvalue weighted by atomic mass is 10.1. The molecule has 3 aromatic heterocycles. The molecular formula is C19H21Cl2FN6O3S. The summed E-state index contributed by atoms with van der Waals surface area (Å²) in [5.74, 6) is -2.11. The Hall–Kier alpha value is -2.63. The number of carboxylic acid groups (broad SMARTS) is 1. The highest BCUT2D eigenvalue weighted by Gasteiger charge is 2.33. The van der Waals surface area contributed by atoms with Crippen LogP contribution in [0.1, 0.15) is 40.4 Å². The molecule has 172 valence electrons. The third-order valence-electron chi connectivity index (χ3n) is 4.96. The van der Waals surface area contributed by atoms with Crippen LogP contribution in [-0.4, -0.2) is 54.9 Å². The van der Waals surface area contributed by atoms with Gasteiger partial charge in [0.15, 0.2) is 11.3 Å². The van der Waals surface area contributed by atoms with Crippen LogP contribution in [0.2, 0.25) is 0 Å². The van der Waals surface area contributed by atoms with E-state index in [9.17, 15) is 19.1 Å². The Morgan fingerprint density at radius 1 is 1.28 bits per heavy atom. The molecule has 1 aliphatic heterocycles. The number of aryl methyl sites for hydroxylation is 1. The van der Waals surface area contributed by atoms with Crippen molar-refractivity contribution in [1.29, 1.82) is 0 Å². The number of thiazole rings is 1. The summed E-state index contributed by atoms with van der Waals surface area (Å²) in [6.07, 6.45) is 3.06. The Bertz CT molecular complexity index is 1150. The largest absolute Gasteiger partial charge is 0.481 e. The van der Waals surface area contributed by atoms with Gasteiger partial charge >= 0.3 is 5.97 Å². The average molecular weight is 503 g/mol. The van der Waals surface area contributed by atoms with Gasteiger partial charge in [0.2, 0.25) is 5.95 Å². The summed E-state index contributed by atoms with van der Waals surface area (Å²) in [5, 5.41) is 13.0. The van der Waals surface area contributed by atoms with Crippen LogP contribution in [-0.2, 0) is 4.79 Å². The second-order valence-corrected chi connectivity index (χ2v) is 8.36. The van der Waals surface area contributed by atoms with E-state index in [-0.39, 0.29) is 55.0 Å². The molecule has 3 aromatic rings. The smallest absolute Gasteiger partial charge is 0.308 e. The van der Waals surface area contributed by atoms with E-state index >= 15 is 0 Å². The summed E-state index contributed by atoms with van der Waals surface area (Å²) < 4.78 is 14.0. The van der Waals surface area contributed by atoms with E-state index in [2.05, 4.69) is 25.3 Å². The van der Waals surface area contributed by atoms with Crippen LogP contribution in [0, 0.1) is 18.7 Å². The third kappa shape index (κ3) is 5.22. The molecular weight excluding hydrogens is 482 g/mol. The molecule has 1 fully saturated rings. The van der Waals surface area contributed by atoms with Gasteiger partial charge in [-0.2, -0.15) is 4.98 Å². The Balaban J connectivity index is 0.00000181. The molecule has 0 saturated carbocycles. The van der Waals surface area contributed by atoms with Gasteiger partial charge in [-0.3, -0.25) is 14.6 Å². The first-order valence-corrected chi connectivity index (χ1v) is 10.2. The summed E-state index contributed by atoms with van der Waals surface area (Å²) in [4.78, 5) is 42.9. The van der Waals surface area contributed by atoms with Gasteiger partial charge in [-0.25, -0.2) is 14.4 Å². The molecule has 0 aliphatic carbocycles. The monoisotopic (exact) mass is 502 g/mol. The highest BCUT2D eigenvalue weighted by Crippen LogP contribution is 2.28. The van der Waals surface area contributed by atoms with Crippen molar-refractivity contribution in [3.05, 3.63) is 40.5 Å². The van der Waals surface area contributed by atoms with E-state index in [4.69, 9.17) is 0 Å². The van der Waals surface area contributed by atoms with Crippen LogP contribution in [0.25, 0.3) is 10.3 Å². The number of pyridine rings is 1. The average Bonchev–Trinajstić information content (AvgIpc) is 3.33. The first-order valence-electron chi connectivity index (χ1n) is 9.36. The number of carboxylic acids is 1. The van der Waals surface area contributed by atoms with Crippen LogP contribution in [0.5, 0.6) is 0 Å². The van der Waals surface area contributed by atoms with Crippen molar-refractivity contribution < 1.29 is 19.1 Å². The van der Waals surface area contributed by atoms with E-state index in [0.29, 0.717) is 28.9 Å². The number of nitrogens with one attached hydrogen (secondary N) is 1. The second-order valence-electron chi connectivity index (χ2n) is 7.16. The number of nitrogens with zero attached hydrogens (tertiary/aromatic N) is 5. The van der Waals surface area contributed by atoms with Crippen LogP contribution < -0.4 is 5.32 Å². The number of halogens is 3. The number of hydrogen-bond donors (Lipinski definition) is 2. The Morgan fingerprint density at radius 2 is 2.03 bits per heavy atom. The van der Waals surface area contributed by atoms with Crippen molar-refractivity contribution in [2.45, 2.75) is 26.3 Å². The normalized spacial score (nSPS) is 16.2. The molecule has 1 saturated heterocycles. The number of aromatic nitrogens is 4. The number of fused-ring (bicyclic) bond motifs is 1. The first-order chi connectivity index (χ1) is 14.3.